The van der Waals surface area contributed by atoms with Gasteiger partial charge in [0.05, 0.1) is 37.2 Å². The van der Waals surface area contributed by atoms with Gasteiger partial charge in [0.1, 0.15) is 17.5 Å². The van der Waals surface area contributed by atoms with E-state index in [-0.39, 0.29) is 43.2 Å². The molecule has 0 saturated heterocycles. The first-order valence-electron chi connectivity index (χ1n) is 15.9. The molecule has 2 heterocycles. The van der Waals surface area contributed by atoms with Crippen molar-refractivity contribution in [1.29, 1.82) is 0 Å². The van der Waals surface area contributed by atoms with Crippen LogP contribution in [0.1, 0.15) is 75.0 Å². The lowest BCUT2D eigenvalue weighted by Crippen LogP contribution is -2.34. The van der Waals surface area contributed by atoms with E-state index in [1.807, 2.05) is 29.8 Å². The van der Waals surface area contributed by atoms with Crippen molar-refractivity contribution >= 4 is 46.4 Å². The van der Waals surface area contributed by atoms with Gasteiger partial charge in [0, 0.05) is 37.0 Å². The normalized spacial score (nSPS) is 15.7. The highest BCUT2D eigenvalue weighted by molar-refractivity contribution is 6.07. The molecule has 3 aromatic rings. The highest BCUT2D eigenvalue weighted by Gasteiger charge is 2.22. The molecule has 2 aromatic heterocycles. The fourth-order valence-electron chi connectivity index (χ4n) is 5.12. The average molecular weight is 630 g/mol. The Bertz CT molecular complexity index is 1600. The number of pyridine rings is 1. The van der Waals surface area contributed by atoms with Crippen LogP contribution in [0.5, 0.6) is 0 Å². The summed E-state index contributed by atoms with van der Waals surface area (Å²) in [6, 6.07) is 10.6. The van der Waals surface area contributed by atoms with E-state index in [2.05, 4.69) is 16.9 Å². The van der Waals surface area contributed by atoms with Crippen LogP contribution in [0.2, 0.25) is 0 Å². The summed E-state index contributed by atoms with van der Waals surface area (Å²) in [5.41, 5.74) is 8.95. The summed E-state index contributed by atoms with van der Waals surface area (Å²) < 4.78 is 12.2. The number of anilines is 1. The molecule has 1 unspecified atom stereocenters. The third-order valence-electron chi connectivity index (χ3n) is 7.72. The molecule has 0 spiro atoms. The fourth-order valence-corrected chi connectivity index (χ4v) is 5.12. The number of allylic oxidation sites excluding steroid dienone is 1. The first-order chi connectivity index (χ1) is 22.3. The van der Waals surface area contributed by atoms with Gasteiger partial charge in [-0.1, -0.05) is 38.3 Å². The summed E-state index contributed by atoms with van der Waals surface area (Å²) >= 11 is 0. The zero-order valence-corrected chi connectivity index (χ0v) is 26.9. The molecule has 1 aliphatic carbocycles. The maximum absolute atomic E-state index is 13.6. The quantitative estimate of drug-likeness (QED) is 0.105. The standard InChI is InChI=1S/C34H43N7O5/c1-4-6-7-10-21-46-34(44)39-32(35)24-12-15-26(16-13-24)37-23-30-38-27-22-25(14-17-28(27)40(30)3)33(43)41(20-18-31(42)45-5-2)29-11-8-9-19-36-29/h8-9,11-12,14-15,17,19,22,24H,4-7,10,13,16,18,20-21,23H2,1-3H3,(H2,35,39,44). The summed E-state index contributed by atoms with van der Waals surface area (Å²) in [4.78, 5) is 56.9. The Morgan fingerprint density at radius 3 is 2.67 bits per heavy atom. The molecule has 0 aliphatic heterocycles. The molecular formula is C34H43N7O5. The minimum atomic E-state index is -0.644. The van der Waals surface area contributed by atoms with Crippen molar-refractivity contribution < 1.29 is 23.9 Å². The number of imidazole rings is 1. The summed E-state index contributed by atoms with van der Waals surface area (Å²) in [5, 5.41) is 0. The van der Waals surface area contributed by atoms with Crippen molar-refractivity contribution in [3.05, 3.63) is 66.1 Å². The van der Waals surface area contributed by atoms with Crippen LogP contribution in [0, 0.1) is 5.92 Å². The highest BCUT2D eigenvalue weighted by atomic mass is 16.5. The maximum Gasteiger partial charge on any atom is 0.435 e. The number of esters is 1. The van der Waals surface area contributed by atoms with Crippen molar-refractivity contribution in [2.45, 2.75) is 65.3 Å². The number of nitrogens with two attached hydrogens (primary N) is 1. The molecule has 0 fully saturated rings. The van der Waals surface area contributed by atoms with E-state index in [1.165, 1.54) is 4.90 Å². The first kappa shape index (κ1) is 34.0. The summed E-state index contributed by atoms with van der Waals surface area (Å²) in [6.07, 6.45) is 10.3. The zero-order chi connectivity index (χ0) is 32.9. The van der Waals surface area contributed by atoms with Gasteiger partial charge in [-0.15, -0.1) is 0 Å². The summed E-state index contributed by atoms with van der Waals surface area (Å²) in [5.74, 6) is 0.619. The molecular weight excluding hydrogens is 586 g/mol. The van der Waals surface area contributed by atoms with Gasteiger partial charge in [-0.3, -0.25) is 19.5 Å². The number of hydrogen-bond acceptors (Lipinski definition) is 8. The van der Waals surface area contributed by atoms with Crippen LogP contribution in [-0.2, 0) is 27.9 Å². The number of rotatable bonds is 14. The molecule has 1 aromatic carbocycles. The lowest BCUT2D eigenvalue weighted by molar-refractivity contribution is -0.142. The number of fused-ring (bicyclic) bond motifs is 1. The smallest absolute Gasteiger partial charge is 0.435 e. The lowest BCUT2D eigenvalue weighted by atomic mass is 9.94. The molecule has 1 aliphatic rings. The van der Waals surface area contributed by atoms with Gasteiger partial charge >= 0.3 is 12.1 Å². The number of carbonyl (C=O) groups is 3. The second kappa shape index (κ2) is 17.0. The highest BCUT2D eigenvalue weighted by Crippen LogP contribution is 2.22. The molecule has 12 heteroatoms. The second-order valence-corrected chi connectivity index (χ2v) is 11.0. The molecule has 4 rings (SSSR count). The van der Waals surface area contributed by atoms with E-state index in [1.54, 1.807) is 43.5 Å². The number of carbonyl (C=O) groups excluding carboxylic acids is 3. The number of ether oxygens (including phenoxy) is 2. The van der Waals surface area contributed by atoms with Gasteiger partial charge < -0.3 is 19.8 Å². The van der Waals surface area contributed by atoms with Crippen LogP contribution >= 0.6 is 0 Å². The van der Waals surface area contributed by atoms with Gasteiger partial charge in [-0.05, 0) is 62.6 Å². The average Bonchev–Trinajstić information content (AvgIpc) is 3.38. The number of amidine groups is 1. The first-order valence-corrected chi connectivity index (χ1v) is 15.9. The molecule has 2 N–H and O–H groups in total. The topological polar surface area (TPSA) is 154 Å². The SMILES string of the molecule is CCCCCCOC(=O)N=C(N)C1C=CC(=NCc2nc3cc(C(=O)N(CCC(=O)OCC)c4ccccn4)ccc3n2C)CC1. The molecule has 2 amide bonds. The number of nitrogens with zero attached hydrogens (tertiary/aromatic N) is 6. The zero-order valence-electron chi connectivity index (χ0n) is 26.9. The van der Waals surface area contributed by atoms with E-state index >= 15 is 0 Å². The Hall–Kier alpha value is -4.87. The molecule has 46 heavy (non-hydrogen) atoms. The van der Waals surface area contributed by atoms with Gasteiger partial charge in [0.2, 0.25) is 0 Å². The van der Waals surface area contributed by atoms with Crippen LogP contribution < -0.4 is 10.6 Å². The van der Waals surface area contributed by atoms with Crippen molar-refractivity contribution in [3.8, 4) is 0 Å². The molecule has 244 valence electrons. The largest absolute Gasteiger partial charge is 0.466 e. The third kappa shape index (κ3) is 9.32. The minimum absolute atomic E-state index is 0.0484. The molecule has 0 bridgehead atoms. The predicted molar refractivity (Wildman–Crippen MR) is 178 cm³/mol. The Morgan fingerprint density at radius 2 is 1.96 bits per heavy atom. The van der Waals surface area contributed by atoms with Gasteiger partial charge in [0.25, 0.3) is 5.91 Å². The lowest BCUT2D eigenvalue weighted by Gasteiger charge is -2.21. The van der Waals surface area contributed by atoms with E-state index in [4.69, 9.17) is 25.2 Å². The van der Waals surface area contributed by atoms with Crippen LogP contribution in [0.3, 0.4) is 0 Å². The van der Waals surface area contributed by atoms with E-state index in [9.17, 15) is 14.4 Å². The second-order valence-electron chi connectivity index (χ2n) is 11.0. The minimum Gasteiger partial charge on any atom is -0.466 e. The van der Waals surface area contributed by atoms with Gasteiger partial charge in [-0.25, -0.2) is 14.8 Å². The molecule has 0 radical (unpaired) electrons. The van der Waals surface area contributed by atoms with Crippen LogP contribution in [0.25, 0.3) is 11.0 Å². The fraction of sp³-hybridized carbons (Fsp3) is 0.441. The van der Waals surface area contributed by atoms with E-state index in [0.717, 1.165) is 42.7 Å². The number of benzene rings is 1. The van der Waals surface area contributed by atoms with Crippen LogP contribution in [0.4, 0.5) is 10.6 Å². The Morgan fingerprint density at radius 1 is 1.11 bits per heavy atom. The van der Waals surface area contributed by atoms with E-state index < -0.39 is 6.09 Å². The number of aromatic nitrogens is 3. The molecule has 1 atom stereocenters. The van der Waals surface area contributed by atoms with Crippen LogP contribution in [-0.4, -0.2) is 63.8 Å². The number of hydrogen-bond donors (Lipinski definition) is 1. The van der Waals surface area contributed by atoms with Gasteiger partial charge in [0.15, 0.2) is 0 Å². The van der Waals surface area contributed by atoms with Crippen molar-refractivity contribution in [2.24, 2.45) is 28.7 Å². The van der Waals surface area contributed by atoms with Crippen molar-refractivity contribution in [2.75, 3.05) is 24.7 Å². The van der Waals surface area contributed by atoms with Gasteiger partial charge in [-0.2, -0.15) is 4.99 Å². The van der Waals surface area contributed by atoms with Crippen LogP contribution in [0.15, 0.2) is 64.7 Å². The summed E-state index contributed by atoms with van der Waals surface area (Å²) in [7, 11) is 1.92. The number of amides is 2. The molecule has 0 saturated carbocycles. The predicted octanol–water partition coefficient (Wildman–Crippen LogP) is 5.55. The van der Waals surface area contributed by atoms with Crippen molar-refractivity contribution in [1.82, 2.24) is 14.5 Å². The Kier molecular flexibility index (Phi) is 12.6. The third-order valence-corrected chi connectivity index (χ3v) is 7.72. The number of aliphatic imine (C=N–C) groups is 2. The number of unbranched alkanes of at least 4 members (excludes halogenated alkanes) is 3. The Labute approximate surface area is 269 Å². The summed E-state index contributed by atoms with van der Waals surface area (Å²) in [6.45, 7) is 4.99. The van der Waals surface area contributed by atoms with Crippen molar-refractivity contribution in [3.63, 3.8) is 0 Å². The maximum atomic E-state index is 13.6. The Balaban J connectivity index is 1.41. The number of aryl methyl sites for hydroxylation is 1. The van der Waals surface area contributed by atoms with E-state index in [0.29, 0.717) is 42.9 Å². The monoisotopic (exact) mass is 629 g/mol. The molecule has 12 nitrogen and oxygen atoms in total.